The molecular weight excluding hydrogens is 494 g/mol. The third kappa shape index (κ3) is 4.80. The number of thiazole rings is 1. The van der Waals surface area contributed by atoms with Crippen molar-refractivity contribution in [1.29, 1.82) is 0 Å². The molecule has 2 atom stereocenters. The predicted molar refractivity (Wildman–Crippen MR) is 147 cm³/mol. The van der Waals surface area contributed by atoms with Gasteiger partial charge in [-0.25, -0.2) is 9.97 Å². The van der Waals surface area contributed by atoms with E-state index < -0.39 is 0 Å². The number of morpholine rings is 2. The SMILES string of the molecule is CSc1nc2ccc(Nc3ccc4c(N5CCOCC5)nc(N5CC(C)OC(C)C5)nc4n3)cc2s1. The number of hydrogen-bond donors (Lipinski definition) is 1. The molecule has 2 aliphatic heterocycles. The van der Waals surface area contributed by atoms with E-state index in [0.717, 1.165) is 63.4 Å². The highest BCUT2D eigenvalue weighted by atomic mass is 32.2. The molecule has 2 fully saturated rings. The Hall–Kier alpha value is -2.73. The lowest BCUT2D eigenvalue weighted by molar-refractivity contribution is -0.00570. The highest BCUT2D eigenvalue weighted by molar-refractivity contribution is 8.00. The minimum absolute atomic E-state index is 0.120. The van der Waals surface area contributed by atoms with Gasteiger partial charge < -0.3 is 24.6 Å². The van der Waals surface area contributed by atoms with Crippen molar-refractivity contribution in [3.8, 4) is 0 Å². The molecule has 2 aliphatic rings. The Morgan fingerprint density at radius 3 is 2.56 bits per heavy atom. The quantitative estimate of drug-likeness (QED) is 0.376. The fourth-order valence-electron chi connectivity index (χ4n) is 4.77. The average molecular weight is 524 g/mol. The van der Waals surface area contributed by atoms with Gasteiger partial charge in [0.05, 0.1) is 41.0 Å². The molecule has 6 rings (SSSR count). The molecule has 0 radical (unpaired) electrons. The number of nitrogens with one attached hydrogen (secondary N) is 1. The number of pyridine rings is 1. The summed E-state index contributed by atoms with van der Waals surface area (Å²) in [6, 6.07) is 10.3. The Kier molecular flexibility index (Phi) is 6.55. The zero-order valence-corrected chi connectivity index (χ0v) is 22.2. The van der Waals surface area contributed by atoms with E-state index in [1.165, 1.54) is 0 Å². The largest absolute Gasteiger partial charge is 0.378 e. The Bertz CT molecular complexity index is 1380. The van der Waals surface area contributed by atoms with Gasteiger partial charge in [-0.2, -0.15) is 9.97 Å². The Labute approximate surface area is 218 Å². The van der Waals surface area contributed by atoms with Gasteiger partial charge in [0.2, 0.25) is 5.95 Å². The van der Waals surface area contributed by atoms with Gasteiger partial charge in [-0.1, -0.05) is 11.8 Å². The first-order valence-corrected chi connectivity index (χ1v) is 14.2. The summed E-state index contributed by atoms with van der Waals surface area (Å²) in [4.78, 5) is 24.0. The smallest absolute Gasteiger partial charge is 0.229 e. The van der Waals surface area contributed by atoms with Crippen LogP contribution in [0.5, 0.6) is 0 Å². The summed E-state index contributed by atoms with van der Waals surface area (Å²) in [5, 5.41) is 4.41. The Morgan fingerprint density at radius 2 is 1.78 bits per heavy atom. The fraction of sp³-hybridized carbons (Fsp3) is 0.440. The topological polar surface area (TPSA) is 88.5 Å². The van der Waals surface area contributed by atoms with E-state index in [4.69, 9.17) is 24.4 Å². The number of rotatable bonds is 5. The molecule has 5 heterocycles. The third-order valence-electron chi connectivity index (χ3n) is 6.36. The first-order valence-electron chi connectivity index (χ1n) is 12.2. The summed E-state index contributed by atoms with van der Waals surface area (Å²) in [7, 11) is 0. The molecule has 1 N–H and O–H groups in total. The molecule has 9 nitrogen and oxygen atoms in total. The summed E-state index contributed by atoms with van der Waals surface area (Å²) < 4.78 is 13.8. The van der Waals surface area contributed by atoms with Crippen LogP contribution in [0.4, 0.5) is 23.3 Å². The molecule has 0 amide bonds. The second-order valence-corrected chi connectivity index (χ2v) is 11.3. The van der Waals surface area contributed by atoms with Crippen LogP contribution in [0.15, 0.2) is 34.7 Å². The van der Waals surface area contributed by atoms with Crippen LogP contribution in [0.3, 0.4) is 0 Å². The maximum absolute atomic E-state index is 5.94. The molecule has 2 unspecified atom stereocenters. The maximum atomic E-state index is 5.94. The number of fused-ring (bicyclic) bond motifs is 2. The minimum atomic E-state index is 0.120. The van der Waals surface area contributed by atoms with Gasteiger partial charge in [0.25, 0.3) is 0 Å². The molecule has 0 spiro atoms. The fourth-order valence-corrected chi connectivity index (χ4v) is 6.30. The molecule has 188 valence electrons. The highest BCUT2D eigenvalue weighted by Gasteiger charge is 2.26. The summed E-state index contributed by atoms with van der Waals surface area (Å²) in [5.74, 6) is 2.36. The van der Waals surface area contributed by atoms with Crippen LogP contribution in [0.25, 0.3) is 21.3 Å². The van der Waals surface area contributed by atoms with E-state index in [1.54, 1.807) is 23.1 Å². The minimum Gasteiger partial charge on any atom is -0.378 e. The van der Waals surface area contributed by atoms with Crippen LogP contribution in [-0.4, -0.2) is 77.8 Å². The lowest BCUT2D eigenvalue weighted by Gasteiger charge is -2.36. The monoisotopic (exact) mass is 523 g/mol. The van der Waals surface area contributed by atoms with E-state index in [2.05, 4.69) is 52.3 Å². The van der Waals surface area contributed by atoms with Crippen molar-refractivity contribution in [2.75, 3.05) is 60.8 Å². The van der Waals surface area contributed by atoms with E-state index in [1.807, 2.05) is 18.2 Å². The van der Waals surface area contributed by atoms with E-state index >= 15 is 0 Å². The number of ether oxygens (including phenoxy) is 2. The van der Waals surface area contributed by atoms with E-state index in [0.29, 0.717) is 24.8 Å². The highest BCUT2D eigenvalue weighted by Crippen LogP contribution is 2.32. The number of benzene rings is 1. The molecule has 3 aromatic heterocycles. The van der Waals surface area contributed by atoms with Gasteiger partial charge in [0, 0.05) is 31.9 Å². The lowest BCUT2D eigenvalue weighted by atomic mass is 10.2. The molecule has 0 bridgehead atoms. The van der Waals surface area contributed by atoms with Crippen molar-refractivity contribution in [3.05, 3.63) is 30.3 Å². The summed E-state index contributed by atoms with van der Waals surface area (Å²) in [5.41, 5.74) is 2.67. The maximum Gasteiger partial charge on any atom is 0.229 e. The van der Waals surface area contributed by atoms with Crippen LogP contribution in [0, 0.1) is 0 Å². The molecule has 1 aromatic carbocycles. The number of hydrogen-bond acceptors (Lipinski definition) is 11. The molecule has 36 heavy (non-hydrogen) atoms. The average Bonchev–Trinajstić information content (AvgIpc) is 3.30. The molecule has 2 saturated heterocycles. The van der Waals surface area contributed by atoms with Crippen LogP contribution in [0.1, 0.15) is 13.8 Å². The first kappa shape index (κ1) is 23.7. The standard InChI is InChI=1S/C25H29N7O2S2/c1-15-13-32(14-16(2)34-15)24-29-22-18(23(30-24)31-8-10-33-11-9-31)5-7-21(28-22)26-17-4-6-19-20(12-17)36-25(27-19)35-3/h4-7,12,15-16H,8-11,13-14H2,1-3H3,(H,26,28,29,30). The summed E-state index contributed by atoms with van der Waals surface area (Å²) >= 11 is 3.37. The Balaban J connectivity index is 1.37. The molecule has 11 heteroatoms. The van der Waals surface area contributed by atoms with Crippen molar-refractivity contribution < 1.29 is 9.47 Å². The molecule has 0 aliphatic carbocycles. The number of thioether (sulfide) groups is 1. The predicted octanol–water partition coefficient (Wildman–Crippen LogP) is 4.55. The van der Waals surface area contributed by atoms with Crippen molar-refractivity contribution >= 4 is 67.6 Å². The van der Waals surface area contributed by atoms with Crippen molar-refractivity contribution in [2.45, 2.75) is 30.4 Å². The van der Waals surface area contributed by atoms with Gasteiger partial charge in [-0.05, 0) is 50.4 Å². The zero-order valence-electron chi connectivity index (χ0n) is 20.6. The number of nitrogens with zero attached hydrogens (tertiary/aromatic N) is 6. The van der Waals surface area contributed by atoms with Crippen molar-refractivity contribution in [1.82, 2.24) is 19.9 Å². The molecule has 0 saturated carbocycles. The number of aromatic nitrogens is 4. The Morgan fingerprint density at radius 1 is 0.972 bits per heavy atom. The third-order valence-corrected chi connectivity index (χ3v) is 8.36. The van der Waals surface area contributed by atoms with Crippen molar-refractivity contribution in [3.63, 3.8) is 0 Å². The number of anilines is 4. The summed E-state index contributed by atoms with van der Waals surface area (Å²) in [6.07, 6.45) is 2.29. The van der Waals surface area contributed by atoms with Gasteiger partial charge in [0.1, 0.15) is 11.6 Å². The second-order valence-electron chi connectivity index (χ2n) is 9.17. The van der Waals surface area contributed by atoms with Crippen LogP contribution < -0.4 is 15.1 Å². The van der Waals surface area contributed by atoms with Gasteiger partial charge in [-0.15, -0.1) is 11.3 Å². The normalized spacial score (nSPS) is 20.9. The van der Waals surface area contributed by atoms with E-state index in [9.17, 15) is 0 Å². The first-order chi connectivity index (χ1) is 17.6. The van der Waals surface area contributed by atoms with Crippen LogP contribution in [0.2, 0.25) is 0 Å². The molecular formula is C25H29N7O2S2. The van der Waals surface area contributed by atoms with Gasteiger partial charge in [0.15, 0.2) is 9.99 Å². The van der Waals surface area contributed by atoms with Crippen molar-refractivity contribution in [2.24, 2.45) is 0 Å². The zero-order chi connectivity index (χ0) is 24.6. The molecule has 4 aromatic rings. The van der Waals surface area contributed by atoms with E-state index in [-0.39, 0.29) is 12.2 Å². The second kappa shape index (κ2) is 9.97. The van der Waals surface area contributed by atoms with Crippen LogP contribution >= 0.6 is 23.1 Å². The van der Waals surface area contributed by atoms with Gasteiger partial charge >= 0.3 is 0 Å². The summed E-state index contributed by atoms with van der Waals surface area (Å²) in [6.45, 7) is 8.68. The van der Waals surface area contributed by atoms with Gasteiger partial charge in [-0.3, -0.25) is 0 Å². The lowest BCUT2D eigenvalue weighted by Crippen LogP contribution is -2.46. The van der Waals surface area contributed by atoms with Crippen LogP contribution in [-0.2, 0) is 9.47 Å².